The van der Waals surface area contributed by atoms with E-state index in [1.807, 2.05) is 12.1 Å². The molecule has 4 N–H and O–H groups in total. The first kappa shape index (κ1) is 19.6. The third kappa shape index (κ3) is 4.97. The van der Waals surface area contributed by atoms with E-state index in [0.717, 1.165) is 43.9 Å². The molecule has 3 rings (SSSR count). The summed E-state index contributed by atoms with van der Waals surface area (Å²) in [6.07, 6.45) is 2.70. The lowest BCUT2D eigenvalue weighted by molar-refractivity contribution is -0.119. The van der Waals surface area contributed by atoms with Gasteiger partial charge in [0.25, 0.3) is 0 Å². The second-order valence-electron chi connectivity index (χ2n) is 6.99. The summed E-state index contributed by atoms with van der Waals surface area (Å²) in [7, 11) is 0. The molecule has 0 spiro atoms. The number of carbonyl (C=O) groups excluding carboxylic acids is 2. The van der Waals surface area contributed by atoms with Crippen LogP contribution in [-0.2, 0) is 11.2 Å². The van der Waals surface area contributed by atoms with Gasteiger partial charge in [0, 0.05) is 49.1 Å². The van der Waals surface area contributed by atoms with Crippen LogP contribution in [0.5, 0.6) is 0 Å². The maximum Gasteiger partial charge on any atom is 0.248 e. The molecule has 0 saturated carbocycles. The number of nitrogens with zero attached hydrogens (tertiary/aromatic N) is 3. The van der Waals surface area contributed by atoms with Gasteiger partial charge < -0.3 is 21.3 Å². The van der Waals surface area contributed by atoms with E-state index in [9.17, 15) is 9.59 Å². The number of hydrogen-bond donors (Lipinski definition) is 3. The molecular weight excluding hydrogens is 356 g/mol. The Hall–Kier alpha value is -3.16. The van der Waals surface area contributed by atoms with Crippen molar-refractivity contribution in [3.63, 3.8) is 0 Å². The van der Waals surface area contributed by atoms with Gasteiger partial charge in [-0.3, -0.25) is 9.59 Å². The summed E-state index contributed by atoms with van der Waals surface area (Å²) in [6, 6.07) is 9.08. The van der Waals surface area contributed by atoms with Gasteiger partial charge >= 0.3 is 0 Å². The summed E-state index contributed by atoms with van der Waals surface area (Å²) in [5.41, 5.74) is 7.43. The van der Waals surface area contributed by atoms with Crippen molar-refractivity contribution in [2.45, 2.75) is 39.2 Å². The fourth-order valence-corrected chi connectivity index (χ4v) is 3.34. The minimum atomic E-state index is -0.480. The lowest BCUT2D eigenvalue weighted by atomic mass is 10.2. The second kappa shape index (κ2) is 8.69. The number of nitrogens with one attached hydrogen (secondary N) is 2. The minimum Gasteiger partial charge on any atom is -0.366 e. The van der Waals surface area contributed by atoms with Gasteiger partial charge in [-0.25, -0.2) is 4.98 Å². The number of aryl methyl sites for hydroxylation is 1. The fraction of sp³-hybridized carbons (Fsp3) is 0.400. The van der Waals surface area contributed by atoms with Gasteiger partial charge in [0.1, 0.15) is 5.82 Å². The predicted molar refractivity (Wildman–Crippen MR) is 109 cm³/mol. The Labute approximate surface area is 164 Å². The highest BCUT2D eigenvalue weighted by Crippen LogP contribution is 2.23. The van der Waals surface area contributed by atoms with Crippen molar-refractivity contribution in [1.29, 1.82) is 0 Å². The second-order valence-corrected chi connectivity index (χ2v) is 6.99. The summed E-state index contributed by atoms with van der Waals surface area (Å²) in [6.45, 7) is 5.19. The van der Waals surface area contributed by atoms with E-state index in [-0.39, 0.29) is 11.9 Å². The number of rotatable bonds is 7. The maximum absolute atomic E-state index is 11.4. The molecule has 1 aromatic carbocycles. The van der Waals surface area contributed by atoms with Crippen molar-refractivity contribution >= 4 is 29.3 Å². The first-order valence-electron chi connectivity index (χ1n) is 9.51. The first-order valence-corrected chi connectivity index (χ1v) is 9.51. The van der Waals surface area contributed by atoms with E-state index in [0.29, 0.717) is 17.2 Å². The molecule has 1 fully saturated rings. The van der Waals surface area contributed by atoms with Crippen LogP contribution in [0.3, 0.4) is 0 Å². The van der Waals surface area contributed by atoms with E-state index in [1.54, 1.807) is 18.2 Å². The number of benzene rings is 1. The quantitative estimate of drug-likeness (QED) is 0.675. The van der Waals surface area contributed by atoms with E-state index < -0.39 is 5.91 Å². The molecule has 2 aromatic rings. The minimum absolute atomic E-state index is 0.0158. The van der Waals surface area contributed by atoms with Gasteiger partial charge in [0.15, 0.2) is 0 Å². The Kier molecular flexibility index (Phi) is 6.08. The molecule has 28 heavy (non-hydrogen) atoms. The number of carbonyl (C=O) groups is 2. The highest BCUT2D eigenvalue weighted by molar-refractivity contribution is 5.93. The van der Waals surface area contributed by atoms with Crippen molar-refractivity contribution in [2.75, 3.05) is 23.3 Å². The number of nitrogens with two attached hydrogens (primary N) is 1. The Morgan fingerprint density at radius 2 is 2.11 bits per heavy atom. The van der Waals surface area contributed by atoms with E-state index >= 15 is 0 Å². The number of primary amides is 1. The molecule has 0 aliphatic carbocycles. The summed E-state index contributed by atoms with van der Waals surface area (Å²) in [5.74, 6) is 0.814. The molecule has 0 unspecified atom stereocenters. The van der Waals surface area contributed by atoms with Crippen LogP contribution >= 0.6 is 0 Å². The summed E-state index contributed by atoms with van der Waals surface area (Å²) in [4.78, 5) is 34.1. The van der Waals surface area contributed by atoms with Crippen LogP contribution in [-0.4, -0.2) is 40.9 Å². The molecule has 2 amide bonds. The molecule has 8 nitrogen and oxygen atoms in total. The Morgan fingerprint density at radius 1 is 1.29 bits per heavy atom. The molecule has 1 aliphatic rings. The van der Waals surface area contributed by atoms with Crippen LogP contribution in [0.1, 0.15) is 42.7 Å². The number of aromatic nitrogens is 2. The van der Waals surface area contributed by atoms with Gasteiger partial charge in [-0.2, -0.15) is 4.98 Å². The van der Waals surface area contributed by atoms with Crippen LogP contribution in [0.15, 0.2) is 30.3 Å². The Balaban J connectivity index is 1.83. The number of anilines is 3. The molecule has 2 heterocycles. The molecule has 1 aromatic heterocycles. The topological polar surface area (TPSA) is 113 Å². The summed E-state index contributed by atoms with van der Waals surface area (Å²) in [5, 5.41) is 6.15. The third-order valence-corrected chi connectivity index (χ3v) is 4.59. The number of amides is 2. The highest BCUT2D eigenvalue weighted by atomic mass is 16.1. The summed E-state index contributed by atoms with van der Waals surface area (Å²) >= 11 is 0. The van der Waals surface area contributed by atoms with Gasteiger partial charge in [-0.1, -0.05) is 19.4 Å². The smallest absolute Gasteiger partial charge is 0.248 e. The predicted octanol–water partition coefficient (Wildman–Crippen LogP) is 1.99. The van der Waals surface area contributed by atoms with Crippen LogP contribution in [0, 0.1) is 0 Å². The van der Waals surface area contributed by atoms with Gasteiger partial charge in [0.05, 0.1) is 0 Å². The molecule has 1 atom stereocenters. The van der Waals surface area contributed by atoms with Gasteiger partial charge in [-0.15, -0.1) is 0 Å². The monoisotopic (exact) mass is 382 g/mol. The van der Waals surface area contributed by atoms with Crippen molar-refractivity contribution in [1.82, 2.24) is 15.3 Å². The zero-order chi connectivity index (χ0) is 20.1. The fourth-order valence-electron chi connectivity index (χ4n) is 3.34. The first-order chi connectivity index (χ1) is 13.4. The molecule has 1 aliphatic heterocycles. The lowest BCUT2D eigenvalue weighted by Gasteiger charge is -2.19. The lowest BCUT2D eigenvalue weighted by Crippen LogP contribution is -2.35. The SMILES string of the molecule is CCCc1cc(N2CC[C@H](NC(C)=O)C2)nc(Nc2cccc(C(N)=O)c2)n1. The zero-order valence-corrected chi connectivity index (χ0v) is 16.2. The average Bonchev–Trinajstić information content (AvgIpc) is 3.10. The highest BCUT2D eigenvalue weighted by Gasteiger charge is 2.24. The van der Waals surface area contributed by atoms with Gasteiger partial charge in [0.2, 0.25) is 17.8 Å². The van der Waals surface area contributed by atoms with Crippen LogP contribution in [0.4, 0.5) is 17.5 Å². The Bertz CT molecular complexity index is 870. The van der Waals surface area contributed by atoms with Crippen LogP contribution in [0.25, 0.3) is 0 Å². The molecule has 0 radical (unpaired) electrons. The summed E-state index contributed by atoms with van der Waals surface area (Å²) < 4.78 is 0. The van der Waals surface area contributed by atoms with E-state index in [1.165, 1.54) is 6.92 Å². The van der Waals surface area contributed by atoms with Crippen molar-refractivity contribution < 1.29 is 9.59 Å². The molecular formula is C20H26N6O2. The maximum atomic E-state index is 11.4. The number of hydrogen-bond acceptors (Lipinski definition) is 6. The van der Waals surface area contributed by atoms with Crippen LogP contribution in [0.2, 0.25) is 0 Å². The third-order valence-electron chi connectivity index (χ3n) is 4.59. The average molecular weight is 382 g/mol. The molecule has 0 bridgehead atoms. The van der Waals surface area contributed by atoms with E-state index in [4.69, 9.17) is 5.73 Å². The normalized spacial score (nSPS) is 16.1. The van der Waals surface area contributed by atoms with Gasteiger partial charge in [-0.05, 0) is 31.0 Å². The molecule has 148 valence electrons. The van der Waals surface area contributed by atoms with Crippen molar-refractivity contribution in [3.8, 4) is 0 Å². The molecule has 1 saturated heterocycles. The largest absolute Gasteiger partial charge is 0.366 e. The zero-order valence-electron chi connectivity index (χ0n) is 16.2. The molecule has 8 heteroatoms. The standard InChI is InChI=1S/C20H26N6O2/c1-3-5-15-11-18(26-9-8-17(12-26)22-13(2)27)25-20(23-15)24-16-7-4-6-14(10-16)19(21)28/h4,6-7,10-11,17H,3,5,8-9,12H2,1-2H3,(H2,21,28)(H,22,27)(H,23,24,25)/t17-/m0/s1. The Morgan fingerprint density at radius 3 is 2.82 bits per heavy atom. The van der Waals surface area contributed by atoms with Crippen molar-refractivity contribution in [3.05, 3.63) is 41.6 Å². The van der Waals surface area contributed by atoms with Crippen molar-refractivity contribution in [2.24, 2.45) is 5.73 Å². The van der Waals surface area contributed by atoms with Crippen LogP contribution < -0.4 is 21.3 Å². The van der Waals surface area contributed by atoms with E-state index in [2.05, 4.69) is 32.4 Å².